The van der Waals surface area contributed by atoms with E-state index in [9.17, 15) is 4.79 Å². The molecule has 150 valence electrons. The molecule has 0 spiro atoms. The first-order chi connectivity index (χ1) is 14.6. The number of anilines is 1. The largest absolute Gasteiger partial charge is 0.306 e. The molecule has 0 saturated heterocycles. The van der Waals surface area contributed by atoms with E-state index in [1.54, 1.807) is 11.0 Å². The number of carbonyl (C=O) groups is 1. The Kier molecular flexibility index (Phi) is 4.43. The van der Waals surface area contributed by atoms with Gasteiger partial charge in [0.1, 0.15) is 18.5 Å². The number of carbonyl (C=O) groups excluding carboxylic acids is 1. The van der Waals surface area contributed by atoms with Crippen molar-refractivity contribution < 1.29 is 4.79 Å². The Labute approximate surface area is 174 Å². The fourth-order valence-corrected chi connectivity index (χ4v) is 3.74. The van der Waals surface area contributed by atoms with E-state index in [1.807, 2.05) is 66.2 Å². The van der Waals surface area contributed by atoms with Gasteiger partial charge < -0.3 is 5.32 Å². The third-order valence-electron chi connectivity index (χ3n) is 5.60. The molecule has 0 unspecified atom stereocenters. The van der Waals surface area contributed by atoms with Crippen molar-refractivity contribution in [2.45, 2.75) is 26.2 Å². The molecule has 1 aliphatic carbocycles. The summed E-state index contributed by atoms with van der Waals surface area (Å²) in [6.07, 6.45) is 4.26. The number of benzene rings is 2. The van der Waals surface area contributed by atoms with Gasteiger partial charge in [-0.2, -0.15) is 10.2 Å². The molecule has 7 nitrogen and oxygen atoms in total. The lowest BCUT2D eigenvalue weighted by molar-refractivity contribution is 0.102. The Morgan fingerprint density at radius 1 is 1.10 bits per heavy atom. The molecule has 2 aromatic heterocycles. The summed E-state index contributed by atoms with van der Waals surface area (Å²) >= 11 is 0. The van der Waals surface area contributed by atoms with Crippen LogP contribution in [0.1, 0.15) is 40.9 Å². The molecule has 2 heterocycles. The van der Waals surface area contributed by atoms with E-state index in [0.29, 0.717) is 23.2 Å². The highest BCUT2D eigenvalue weighted by atomic mass is 16.1. The van der Waals surface area contributed by atoms with E-state index in [4.69, 9.17) is 5.10 Å². The van der Waals surface area contributed by atoms with Crippen LogP contribution in [0, 0.1) is 12.8 Å². The topological polar surface area (TPSA) is 77.6 Å². The predicted molar refractivity (Wildman–Crippen MR) is 114 cm³/mol. The van der Waals surface area contributed by atoms with Crippen molar-refractivity contribution in [1.29, 1.82) is 0 Å². The average molecular weight is 398 g/mol. The first-order valence-corrected chi connectivity index (χ1v) is 10.0. The number of amides is 1. The van der Waals surface area contributed by atoms with Crippen molar-refractivity contribution in [3.8, 4) is 11.4 Å². The van der Waals surface area contributed by atoms with E-state index >= 15 is 0 Å². The fraction of sp³-hybridized carbons (Fsp3) is 0.217. The summed E-state index contributed by atoms with van der Waals surface area (Å²) in [5.74, 6) is 1.62. The molecule has 0 radical (unpaired) electrons. The third-order valence-corrected chi connectivity index (χ3v) is 5.60. The zero-order valence-electron chi connectivity index (χ0n) is 16.9. The average Bonchev–Trinajstić information content (AvgIpc) is 3.13. The molecule has 4 aromatic rings. The number of para-hydroxylation sites is 1. The second kappa shape index (κ2) is 7.26. The molecule has 1 amide bonds. The highest BCUT2D eigenvalue weighted by Gasteiger charge is 2.36. The van der Waals surface area contributed by atoms with Crippen molar-refractivity contribution >= 4 is 11.7 Å². The van der Waals surface area contributed by atoms with Gasteiger partial charge >= 0.3 is 0 Å². The van der Waals surface area contributed by atoms with Crippen LogP contribution in [-0.4, -0.2) is 30.5 Å². The number of nitrogens with zero attached hydrogens (tertiary/aromatic N) is 5. The minimum atomic E-state index is -0.162. The lowest BCUT2D eigenvalue weighted by Gasteiger charge is -2.11. The molecular weight excluding hydrogens is 376 g/mol. The molecule has 2 atom stereocenters. The maximum absolute atomic E-state index is 13.1. The normalized spacial score (nSPS) is 17.7. The molecule has 5 rings (SSSR count). The quantitative estimate of drug-likeness (QED) is 0.548. The Balaban J connectivity index is 1.45. The van der Waals surface area contributed by atoms with E-state index in [2.05, 4.69) is 22.3 Å². The molecule has 30 heavy (non-hydrogen) atoms. The van der Waals surface area contributed by atoms with Crippen LogP contribution in [0.15, 0.2) is 67.3 Å². The Morgan fingerprint density at radius 2 is 1.90 bits per heavy atom. The molecule has 2 aromatic carbocycles. The maximum Gasteiger partial charge on any atom is 0.257 e. The zero-order chi connectivity index (χ0) is 20.7. The number of nitrogens with one attached hydrogen (secondary N) is 1. The first kappa shape index (κ1) is 18.3. The highest BCUT2D eigenvalue weighted by Crippen LogP contribution is 2.47. The summed E-state index contributed by atoms with van der Waals surface area (Å²) in [7, 11) is 0. The molecule has 1 saturated carbocycles. The first-order valence-electron chi connectivity index (χ1n) is 10.0. The Morgan fingerprint density at radius 3 is 2.57 bits per heavy atom. The SMILES string of the molecule is Cc1cc(-n2cncn2)ccc1C(=O)Nc1cc([C@H]2C[C@H]2C)nn1-c1ccccc1. The highest BCUT2D eigenvalue weighted by molar-refractivity contribution is 6.05. The molecule has 1 N–H and O–H groups in total. The predicted octanol–water partition coefficient (Wildman–Crippen LogP) is 4.14. The number of aromatic nitrogens is 5. The van der Waals surface area contributed by atoms with Crippen LogP contribution in [0.2, 0.25) is 0 Å². The van der Waals surface area contributed by atoms with Gasteiger partial charge in [-0.15, -0.1) is 0 Å². The monoisotopic (exact) mass is 398 g/mol. The summed E-state index contributed by atoms with van der Waals surface area (Å²) in [5, 5.41) is 12.0. The minimum Gasteiger partial charge on any atom is -0.306 e. The van der Waals surface area contributed by atoms with Crippen LogP contribution in [-0.2, 0) is 0 Å². The zero-order valence-corrected chi connectivity index (χ0v) is 16.9. The second-order valence-electron chi connectivity index (χ2n) is 7.81. The van der Waals surface area contributed by atoms with Crippen LogP contribution < -0.4 is 5.32 Å². The van der Waals surface area contributed by atoms with Gasteiger partial charge in [-0.05, 0) is 55.2 Å². The molecule has 0 bridgehead atoms. The van der Waals surface area contributed by atoms with E-state index in [-0.39, 0.29) is 5.91 Å². The van der Waals surface area contributed by atoms with Crippen LogP contribution in [0.4, 0.5) is 5.82 Å². The summed E-state index contributed by atoms with van der Waals surface area (Å²) in [4.78, 5) is 17.1. The Hall–Kier alpha value is -3.74. The van der Waals surface area contributed by atoms with Crippen LogP contribution >= 0.6 is 0 Å². The van der Waals surface area contributed by atoms with Gasteiger partial charge in [0.2, 0.25) is 0 Å². The van der Waals surface area contributed by atoms with Gasteiger partial charge in [0.05, 0.1) is 17.1 Å². The summed E-state index contributed by atoms with van der Waals surface area (Å²) in [6.45, 7) is 4.14. The van der Waals surface area contributed by atoms with Gasteiger partial charge in [-0.25, -0.2) is 14.3 Å². The van der Waals surface area contributed by atoms with Crippen molar-refractivity contribution in [3.05, 3.63) is 84.1 Å². The summed E-state index contributed by atoms with van der Waals surface area (Å²) in [6, 6.07) is 17.5. The number of aryl methyl sites for hydroxylation is 1. The van der Waals surface area contributed by atoms with E-state index in [0.717, 1.165) is 29.1 Å². The molecule has 1 fully saturated rings. The van der Waals surface area contributed by atoms with Gasteiger partial charge in [0.25, 0.3) is 5.91 Å². The van der Waals surface area contributed by atoms with Crippen LogP contribution in [0.3, 0.4) is 0 Å². The van der Waals surface area contributed by atoms with Crippen molar-refractivity contribution in [3.63, 3.8) is 0 Å². The second-order valence-corrected chi connectivity index (χ2v) is 7.81. The van der Waals surface area contributed by atoms with E-state index < -0.39 is 0 Å². The number of hydrogen-bond donors (Lipinski definition) is 1. The lowest BCUT2D eigenvalue weighted by Crippen LogP contribution is -2.16. The number of hydrogen-bond acceptors (Lipinski definition) is 4. The van der Waals surface area contributed by atoms with Crippen molar-refractivity contribution in [2.75, 3.05) is 5.32 Å². The fourth-order valence-electron chi connectivity index (χ4n) is 3.74. The molecule has 0 aliphatic heterocycles. The molecular formula is C23H22N6O. The van der Waals surface area contributed by atoms with Crippen molar-refractivity contribution in [1.82, 2.24) is 24.5 Å². The third kappa shape index (κ3) is 3.39. The lowest BCUT2D eigenvalue weighted by atomic mass is 10.1. The van der Waals surface area contributed by atoms with Gasteiger partial charge in [0.15, 0.2) is 0 Å². The van der Waals surface area contributed by atoms with Gasteiger partial charge in [-0.1, -0.05) is 25.1 Å². The van der Waals surface area contributed by atoms with Crippen molar-refractivity contribution in [2.24, 2.45) is 5.92 Å². The standard InChI is InChI=1S/C23H22N6O/c1-15-10-18(28-14-24-13-25-28)8-9-19(15)23(30)26-22-12-21(20-11-16(20)2)27-29(22)17-6-4-3-5-7-17/h3-10,12-14,16,20H,11H2,1-2H3,(H,26,30)/t16-,20+/m1/s1. The van der Waals surface area contributed by atoms with E-state index in [1.165, 1.54) is 6.33 Å². The molecule has 7 heteroatoms. The minimum absolute atomic E-state index is 0.162. The smallest absolute Gasteiger partial charge is 0.257 e. The van der Waals surface area contributed by atoms with Gasteiger partial charge in [0, 0.05) is 17.5 Å². The summed E-state index contributed by atoms with van der Waals surface area (Å²) < 4.78 is 3.49. The number of rotatable bonds is 5. The maximum atomic E-state index is 13.1. The summed E-state index contributed by atoms with van der Waals surface area (Å²) in [5.41, 5.74) is 4.29. The van der Waals surface area contributed by atoms with Crippen LogP contribution in [0.5, 0.6) is 0 Å². The Bertz CT molecular complexity index is 1200. The van der Waals surface area contributed by atoms with Crippen LogP contribution in [0.25, 0.3) is 11.4 Å². The van der Waals surface area contributed by atoms with Gasteiger partial charge in [-0.3, -0.25) is 4.79 Å². The molecule has 1 aliphatic rings.